The standard InChI is InChI=1S/C12H16BrN/c1-5-11(14-4)10-6-8(2)12(13)9(3)7-10/h5-7,11,14H,1H2,2-4H3. The smallest absolute Gasteiger partial charge is 0.0501 e. The summed E-state index contributed by atoms with van der Waals surface area (Å²) in [5.41, 5.74) is 3.80. The van der Waals surface area contributed by atoms with Crippen molar-refractivity contribution in [3.8, 4) is 0 Å². The van der Waals surface area contributed by atoms with E-state index in [4.69, 9.17) is 0 Å². The molecular weight excluding hydrogens is 238 g/mol. The largest absolute Gasteiger partial charge is 0.310 e. The third kappa shape index (κ3) is 2.25. The van der Waals surface area contributed by atoms with Gasteiger partial charge in [-0.05, 0) is 37.6 Å². The summed E-state index contributed by atoms with van der Waals surface area (Å²) in [4.78, 5) is 0. The van der Waals surface area contributed by atoms with Gasteiger partial charge in [0.15, 0.2) is 0 Å². The molecule has 1 aromatic rings. The molecule has 0 heterocycles. The highest BCUT2D eigenvalue weighted by molar-refractivity contribution is 9.10. The van der Waals surface area contributed by atoms with Crippen molar-refractivity contribution in [3.05, 3.63) is 46.0 Å². The van der Waals surface area contributed by atoms with Crippen LogP contribution >= 0.6 is 15.9 Å². The van der Waals surface area contributed by atoms with Gasteiger partial charge in [-0.25, -0.2) is 0 Å². The summed E-state index contributed by atoms with van der Waals surface area (Å²) in [6.07, 6.45) is 1.92. The Morgan fingerprint density at radius 2 is 1.86 bits per heavy atom. The maximum Gasteiger partial charge on any atom is 0.0501 e. The van der Waals surface area contributed by atoms with Crippen LogP contribution in [-0.4, -0.2) is 7.05 Å². The predicted molar refractivity (Wildman–Crippen MR) is 65.6 cm³/mol. The highest BCUT2D eigenvalue weighted by atomic mass is 79.9. The number of hydrogen-bond donors (Lipinski definition) is 1. The zero-order valence-corrected chi connectivity index (χ0v) is 10.5. The molecule has 0 bridgehead atoms. The van der Waals surface area contributed by atoms with Gasteiger partial charge in [-0.2, -0.15) is 0 Å². The summed E-state index contributed by atoms with van der Waals surface area (Å²) >= 11 is 3.56. The van der Waals surface area contributed by atoms with E-state index in [1.54, 1.807) is 0 Å². The molecular formula is C12H16BrN. The SMILES string of the molecule is C=CC(NC)c1cc(C)c(Br)c(C)c1. The van der Waals surface area contributed by atoms with Gasteiger partial charge in [-0.3, -0.25) is 0 Å². The molecule has 0 aliphatic heterocycles. The van der Waals surface area contributed by atoms with E-state index in [0.717, 1.165) is 0 Å². The van der Waals surface area contributed by atoms with E-state index in [0.29, 0.717) is 0 Å². The second-order valence-electron chi connectivity index (χ2n) is 3.47. The third-order valence-corrected chi connectivity index (χ3v) is 3.62. The first-order valence-corrected chi connectivity index (χ1v) is 5.46. The van der Waals surface area contributed by atoms with Gasteiger partial charge in [0.1, 0.15) is 0 Å². The van der Waals surface area contributed by atoms with Gasteiger partial charge in [0.2, 0.25) is 0 Å². The molecule has 1 N–H and O–H groups in total. The van der Waals surface area contributed by atoms with E-state index < -0.39 is 0 Å². The van der Waals surface area contributed by atoms with Gasteiger partial charge < -0.3 is 5.32 Å². The Morgan fingerprint density at radius 1 is 1.36 bits per heavy atom. The highest BCUT2D eigenvalue weighted by Crippen LogP contribution is 2.25. The molecule has 1 nitrogen and oxygen atoms in total. The molecule has 0 amide bonds. The number of hydrogen-bond acceptors (Lipinski definition) is 1. The molecule has 1 rings (SSSR count). The van der Waals surface area contributed by atoms with Crippen molar-refractivity contribution in [2.45, 2.75) is 19.9 Å². The number of benzene rings is 1. The number of nitrogens with one attached hydrogen (secondary N) is 1. The van der Waals surface area contributed by atoms with Crippen LogP contribution in [0.5, 0.6) is 0 Å². The van der Waals surface area contributed by atoms with Crippen molar-refractivity contribution in [1.29, 1.82) is 0 Å². The molecule has 0 spiro atoms. The number of likely N-dealkylation sites (N-methyl/N-ethyl adjacent to an activating group) is 1. The Hall–Kier alpha value is -0.600. The van der Waals surface area contributed by atoms with Crippen LogP contribution < -0.4 is 5.32 Å². The Morgan fingerprint density at radius 3 is 2.21 bits per heavy atom. The maximum absolute atomic E-state index is 3.82. The first kappa shape index (κ1) is 11.5. The van der Waals surface area contributed by atoms with Crippen molar-refractivity contribution in [2.75, 3.05) is 7.05 Å². The van der Waals surface area contributed by atoms with E-state index >= 15 is 0 Å². The summed E-state index contributed by atoms with van der Waals surface area (Å²) in [7, 11) is 1.94. The third-order valence-electron chi connectivity index (χ3n) is 2.36. The number of aryl methyl sites for hydroxylation is 2. The second kappa shape index (κ2) is 4.76. The van der Waals surface area contributed by atoms with Crippen LogP contribution in [0, 0.1) is 13.8 Å². The van der Waals surface area contributed by atoms with Crippen molar-refractivity contribution in [1.82, 2.24) is 5.32 Å². The second-order valence-corrected chi connectivity index (χ2v) is 4.26. The average Bonchev–Trinajstić information content (AvgIpc) is 2.16. The first-order chi connectivity index (χ1) is 6.60. The lowest BCUT2D eigenvalue weighted by Crippen LogP contribution is -2.13. The van der Waals surface area contributed by atoms with E-state index in [-0.39, 0.29) is 6.04 Å². The van der Waals surface area contributed by atoms with Crippen molar-refractivity contribution in [3.63, 3.8) is 0 Å². The van der Waals surface area contributed by atoms with Crippen LogP contribution in [0.4, 0.5) is 0 Å². The van der Waals surface area contributed by atoms with Crippen LogP contribution in [-0.2, 0) is 0 Å². The molecule has 0 saturated heterocycles. The normalized spacial score (nSPS) is 12.6. The molecule has 0 aromatic heterocycles. The fourth-order valence-electron chi connectivity index (χ4n) is 1.58. The molecule has 1 unspecified atom stereocenters. The molecule has 1 atom stereocenters. The zero-order valence-electron chi connectivity index (χ0n) is 8.89. The van der Waals surface area contributed by atoms with Gasteiger partial charge >= 0.3 is 0 Å². The maximum atomic E-state index is 3.82. The Kier molecular flexibility index (Phi) is 3.90. The summed E-state index contributed by atoms with van der Waals surface area (Å²) < 4.78 is 1.19. The molecule has 14 heavy (non-hydrogen) atoms. The Labute approximate surface area is 94.3 Å². The topological polar surface area (TPSA) is 12.0 Å². The molecule has 0 aliphatic carbocycles. The van der Waals surface area contributed by atoms with Gasteiger partial charge in [-0.1, -0.05) is 34.1 Å². The van der Waals surface area contributed by atoms with Crippen LogP contribution in [0.1, 0.15) is 22.7 Å². The first-order valence-electron chi connectivity index (χ1n) is 4.66. The predicted octanol–water partition coefficient (Wildman–Crippen LogP) is 3.51. The zero-order chi connectivity index (χ0) is 10.7. The molecule has 0 fully saturated rings. The van der Waals surface area contributed by atoms with Gasteiger partial charge in [0.05, 0.1) is 6.04 Å². The number of halogens is 1. The quantitative estimate of drug-likeness (QED) is 0.814. The molecule has 0 aliphatic rings. The lowest BCUT2D eigenvalue weighted by atomic mass is 10.0. The summed E-state index contributed by atoms with van der Waals surface area (Å²) in [5.74, 6) is 0. The average molecular weight is 254 g/mol. The van der Waals surface area contributed by atoms with Gasteiger partial charge in [0.25, 0.3) is 0 Å². The molecule has 0 saturated carbocycles. The fourth-order valence-corrected chi connectivity index (χ4v) is 1.81. The molecule has 1 aromatic carbocycles. The Balaban J connectivity index is 3.17. The summed E-state index contributed by atoms with van der Waals surface area (Å²) in [5, 5.41) is 3.21. The highest BCUT2D eigenvalue weighted by Gasteiger charge is 2.07. The van der Waals surface area contributed by atoms with Crippen LogP contribution in [0.3, 0.4) is 0 Å². The van der Waals surface area contributed by atoms with E-state index in [1.165, 1.54) is 21.2 Å². The molecule has 2 heteroatoms. The van der Waals surface area contributed by atoms with E-state index in [1.807, 2.05) is 13.1 Å². The Bertz CT molecular complexity index is 321. The minimum atomic E-state index is 0.237. The minimum Gasteiger partial charge on any atom is -0.310 e. The molecule has 0 radical (unpaired) electrons. The number of rotatable bonds is 3. The minimum absolute atomic E-state index is 0.237. The van der Waals surface area contributed by atoms with Crippen molar-refractivity contribution < 1.29 is 0 Å². The van der Waals surface area contributed by atoms with Crippen molar-refractivity contribution in [2.24, 2.45) is 0 Å². The van der Waals surface area contributed by atoms with Crippen LogP contribution in [0.15, 0.2) is 29.3 Å². The molecule has 76 valence electrons. The van der Waals surface area contributed by atoms with Gasteiger partial charge in [-0.15, -0.1) is 6.58 Å². The van der Waals surface area contributed by atoms with E-state index in [9.17, 15) is 0 Å². The summed E-state index contributed by atoms with van der Waals surface area (Å²) in [6, 6.07) is 4.60. The van der Waals surface area contributed by atoms with E-state index in [2.05, 4.69) is 53.8 Å². The van der Waals surface area contributed by atoms with Crippen LogP contribution in [0.2, 0.25) is 0 Å². The van der Waals surface area contributed by atoms with Gasteiger partial charge in [0, 0.05) is 4.47 Å². The lowest BCUT2D eigenvalue weighted by Gasteiger charge is -2.14. The van der Waals surface area contributed by atoms with Crippen molar-refractivity contribution >= 4 is 15.9 Å². The monoisotopic (exact) mass is 253 g/mol. The summed E-state index contributed by atoms with van der Waals surface area (Å²) in [6.45, 7) is 8.03. The lowest BCUT2D eigenvalue weighted by molar-refractivity contribution is 0.715. The fraction of sp³-hybridized carbons (Fsp3) is 0.333. The van der Waals surface area contributed by atoms with Crippen LogP contribution in [0.25, 0.3) is 0 Å².